The molecule has 1 aromatic carbocycles. The first kappa shape index (κ1) is 7.10. The molecular formula is C8H8BO. The van der Waals surface area contributed by atoms with Crippen molar-refractivity contribution in [2.45, 2.75) is 0 Å². The smallest absolute Gasteiger partial charge is 0.318 e. The van der Waals surface area contributed by atoms with Crippen LogP contribution in [0.5, 0.6) is 0 Å². The fourth-order valence-electron chi connectivity index (χ4n) is 0.718. The van der Waals surface area contributed by atoms with Gasteiger partial charge in [0.25, 0.3) is 0 Å². The summed E-state index contributed by atoms with van der Waals surface area (Å²) in [6.07, 6.45) is 1.83. The van der Waals surface area contributed by atoms with Gasteiger partial charge in [-0.15, -0.1) is 0 Å². The Morgan fingerprint density at radius 3 is 2.50 bits per heavy atom. The van der Waals surface area contributed by atoms with Gasteiger partial charge >= 0.3 is 7.48 Å². The van der Waals surface area contributed by atoms with Crippen molar-refractivity contribution >= 4 is 13.6 Å². The molecular weight excluding hydrogens is 123 g/mol. The van der Waals surface area contributed by atoms with Gasteiger partial charge in [0, 0.05) is 0 Å². The summed E-state index contributed by atoms with van der Waals surface area (Å²) in [4.78, 5) is 0. The summed E-state index contributed by atoms with van der Waals surface area (Å²) in [5.41, 5.74) is 1.09. The molecule has 1 radical (unpaired) electrons. The Balaban J connectivity index is 2.67. The van der Waals surface area contributed by atoms with Gasteiger partial charge in [0.1, 0.15) is 0 Å². The van der Waals surface area contributed by atoms with Crippen LogP contribution in [0.1, 0.15) is 5.56 Å². The lowest BCUT2D eigenvalue weighted by molar-refractivity contribution is 0.615. The molecule has 0 heterocycles. The summed E-state index contributed by atoms with van der Waals surface area (Å²) in [5.74, 6) is 1.59. The quantitative estimate of drug-likeness (QED) is 0.599. The van der Waals surface area contributed by atoms with Crippen molar-refractivity contribution in [3.05, 3.63) is 41.9 Å². The van der Waals surface area contributed by atoms with Gasteiger partial charge in [-0.25, -0.2) is 0 Å². The highest BCUT2D eigenvalue weighted by molar-refractivity contribution is 6.33. The van der Waals surface area contributed by atoms with Crippen molar-refractivity contribution < 1.29 is 5.02 Å². The highest BCUT2D eigenvalue weighted by Crippen LogP contribution is 1.99. The van der Waals surface area contributed by atoms with Crippen LogP contribution >= 0.6 is 0 Å². The largest absolute Gasteiger partial charge is 0.450 e. The van der Waals surface area contributed by atoms with Crippen molar-refractivity contribution in [1.82, 2.24) is 0 Å². The monoisotopic (exact) mass is 131 g/mol. The Morgan fingerprint density at radius 1 is 1.20 bits per heavy atom. The summed E-state index contributed by atoms with van der Waals surface area (Å²) < 4.78 is 0. The van der Waals surface area contributed by atoms with Crippen LogP contribution in [0.4, 0.5) is 0 Å². The molecule has 0 amide bonds. The number of hydrogen-bond donors (Lipinski definition) is 1. The van der Waals surface area contributed by atoms with E-state index >= 15 is 0 Å². The molecule has 49 valence electrons. The highest BCUT2D eigenvalue weighted by atomic mass is 16.2. The van der Waals surface area contributed by atoms with Gasteiger partial charge in [0.2, 0.25) is 0 Å². The van der Waals surface area contributed by atoms with E-state index in [-0.39, 0.29) is 0 Å². The molecule has 0 unspecified atom stereocenters. The Labute approximate surface area is 61.3 Å². The maximum Gasteiger partial charge on any atom is 0.318 e. The van der Waals surface area contributed by atoms with Crippen LogP contribution in [0.25, 0.3) is 6.08 Å². The molecule has 0 aliphatic heterocycles. The van der Waals surface area contributed by atoms with E-state index in [4.69, 9.17) is 5.02 Å². The van der Waals surface area contributed by atoms with E-state index < -0.39 is 0 Å². The van der Waals surface area contributed by atoms with Gasteiger partial charge in [-0.1, -0.05) is 42.4 Å². The lowest BCUT2D eigenvalue weighted by atomic mass is 10.0. The molecule has 0 fully saturated rings. The normalized spacial score (nSPS) is 10.1. The SMILES string of the molecule is O[B]C=Cc1ccccc1. The van der Waals surface area contributed by atoms with Gasteiger partial charge < -0.3 is 5.02 Å². The molecule has 1 nitrogen and oxygen atoms in total. The van der Waals surface area contributed by atoms with Gasteiger partial charge in [0.05, 0.1) is 0 Å². The maximum atomic E-state index is 8.32. The van der Waals surface area contributed by atoms with Crippen LogP contribution in [0, 0.1) is 0 Å². The van der Waals surface area contributed by atoms with Crippen molar-refractivity contribution in [2.24, 2.45) is 0 Å². The first-order chi connectivity index (χ1) is 4.93. The minimum Gasteiger partial charge on any atom is -0.450 e. The molecule has 0 atom stereocenters. The third kappa shape index (κ3) is 2.07. The Bertz CT molecular complexity index is 206. The van der Waals surface area contributed by atoms with Crippen LogP contribution in [0.3, 0.4) is 0 Å². The maximum absolute atomic E-state index is 8.32. The van der Waals surface area contributed by atoms with Gasteiger partial charge in [-0.2, -0.15) is 0 Å². The van der Waals surface area contributed by atoms with Crippen LogP contribution in [-0.2, 0) is 0 Å². The fraction of sp³-hybridized carbons (Fsp3) is 0. The van der Waals surface area contributed by atoms with E-state index in [1.807, 2.05) is 36.4 Å². The third-order valence-electron chi connectivity index (χ3n) is 1.17. The molecule has 0 aliphatic carbocycles. The second-order valence-electron chi connectivity index (χ2n) is 1.92. The lowest BCUT2D eigenvalue weighted by Gasteiger charge is -1.87. The highest BCUT2D eigenvalue weighted by Gasteiger charge is 1.80. The molecule has 0 saturated heterocycles. The molecule has 1 aromatic rings. The topological polar surface area (TPSA) is 20.2 Å². The molecule has 1 N–H and O–H groups in total. The average molecular weight is 131 g/mol. The molecule has 0 aromatic heterocycles. The van der Waals surface area contributed by atoms with Crippen molar-refractivity contribution in [3.8, 4) is 0 Å². The van der Waals surface area contributed by atoms with E-state index in [1.54, 1.807) is 5.98 Å². The predicted molar refractivity (Wildman–Crippen MR) is 43.4 cm³/mol. The zero-order valence-corrected chi connectivity index (χ0v) is 5.57. The lowest BCUT2D eigenvalue weighted by Crippen LogP contribution is -1.77. The van der Waals surface area contributed by atoms with Gasteiger partial charge in [-0.3, -0.25) is 0 Å². The molecule has 0 aliphatic rings. The molecule has 0 spiro atoms. The molecule has 0 saturated carbocycles. The van der Waals surface area contributed by atoms with E-state index in [9.17, 15) is 0 Å². The first-order valence-electron chi connectivity index (χ1n) is 3.12. The molecule has 1 rings (SSSR count). The predicted octanol–water partition coefficient (Wildman–Crippen LogP) is 1.27. The Kier molecular flexibility index (Phi) is 2.77. The van der Waals surface area contributed by atoms with Crippen molar-refractivity contribution in [1.29, 1.82) is 0 Å². The van der Waals surface area contributed by atoms with Crippen LogP contribution in [0.15, 0.2) is 36.3 Å². The Hall–Kier alpha value is -1.02. The zero-order valence-electron chi connectivity index (χ0n) is 5.57. The van der Waals surface area contributed by atoms with Crippen molar-refractivity contribution in [3.63, 3.8) is 0 Å². The second-order valence-corrected chi connectivity index (χ2v) is 1.92. The third-order valence-corrected chi connectivity index (χ3v) is 1.17. The van der Waals surface area contributed by atoms with E-state index in [1.165, 1.54) is 0 Å². The zero-order chi connectivity index (χ0) is 7.23. The molecule has 2 heteroatoms. The summed E-state index contributed by atoms with van der Waals surface area (Å²) in [6.45, 7) is 0. The number of hydrogen-bond acceptors (Lipinski definition) is 1. The standard InChI is InChI=1S/C8H8BO/c10-9-7-6-8-4-2-1-3-5-8/h1-7,10H. The fourth-order valence-corrected chi connectivity index (χ4v) is 0.718. The number of rotatable bonds is 2. The average Bonchev–Trinajstić information content (AvgIpc) is 2.03. The summed E-state index contributed by atoms with van der Waals surface area (Å²) in [6, 6.07) is 9.81. The van der Waals surface area contributed by atoms with Crippen molar-refractivity contribution in [2.75, 3.05) is 0 Å². The summed E-state index contributed by atoms with van der Waals surface area (Å²) >= 11 is 0. The van der Waals surface area contributed by atoms with E-state index in [0.29, 0.717) is 0 Å². The molecule has 10 heavy (non-hydrogen) atoms. The second kappa shape index (κ2) is 3.91. The first-order valence-corrected chi connectivity index (χ1v) is 3.12. The van der Waals surface area contributed by atoms with E-state index in [0.717, 1.165) is 13.0 Å². The number of benzene rings is 1. The van der Waals surface area contributed by atoms with Crippen LogP contribution in [0.2, 0.25) is 0 Å². The Morgan fingerprint density at radius 2 is 1.90 bits per heavy atom. The molecule has 0 bridgehead atoms. The minimum atomic E-state index is 1.02. The van der Waals surface area contributed by atoms with Crippen LogP contribution in [-0.4, -0.2) is 12.5 Å². The summed E-state index contributed by atoms with van der Waals surface area (Å²) in [5, 5.41) is 8.32. The van der Waals surface area contributed by atoms with Gasteiger partial charge in [-0.05, 0) is 5.56 Å². The summed E-state index contributed by atoms with van der Waals surface area (Å²) in [7, 11) is 1.02. The van der Waals surface area contributed by atoms with Crippen LogP contribution < -0.4 is 0 Å². The van der Waals surface area contributed by atoms with Gasteiger partial charge in [0.15, 0.2) is 0 Å². The minimum absolute atomic E-state index is 1.02. The van der Waals surface area contributed by atoms with E-state index in [2.05, 4.69) is 0 Å².